The molecule has 2 heterocycles. The van der Waals surface area contributed by atoms with Crippen LogP contribution in [0.4, 0.5) is 23.1 Å². The summed E-state index contributed by atoms with van der Waals surface area (Å²) in [6.07, 6.45) is 3.53. The number of aromatic nitrogens is 3. The minimum absolute atomic E-state index is 0.516. The third-order valence-corrected chi connectivity index (χ3v) is 5.67. The Morgan fingerprint density at radius 1 is 0.912 bits per heavy atom. The molecule has 0 saturated heterocycles. The lowest BCUT2D eigenvalue weighted by Crippen LogP contribution is -2.31. The average molecular weight is 454 g/mol. The van der Waals surface area contributed by atoms with Gasteiger partial charge < -0.3 is 20.9 Å². The lowest BCUT2D eigenvalue weighted by atomic mass is 10.1. The van der Waals surface area contributed by atoms with E-state index in [4.69, 9.17) is 0 Å². The number of para-hydroxylation sites is 1. The number of fused-ring (bicyclic) bond motifs is 1. The van der Waals surface area contributed by atoms with Crippen molar-refractivity contribution >= 4 is 39.7 Å². The van der Waals surface area contributed by atoms with Gasteiger partial charge in [-0.2, -0.15) is 4.98 Å². The zero-order chi connectivity index (χ0) is 23.8. The lowest BCUT2D eigenvalue weighted by Gasteiger charge is -2.19. The van der Waals surface area contributed by atoms with Crippen molar-refractivity contribution in [2.75, 3.05) is 36.8 Å². The van der Waals surface area contributed by atoms with E-state index in [1.54, 1.807) is 12.4 Å². The Balaban J connectivity index is 1.35. The van der Waals surface area contributed by atoms with Gasteiger partial charge >= 0.3 is 0 Å². The zero-order valence-electron chi connectivity index (χ0n) is 19.8. The maximum Gasteiger partial charge on any atom is 0.229 e. The summed E-state index contributed by atoms with van der Waals surface area (Å²) in [5.41, 5.74) is 4.72. The number of pyridine rings is 1. The number of hydrogen-bond donors (Lipinski definition) is 3. The van der Waals surface area contributed by atoms with Crippen molar-refractivity contribution in [3.05, 3.63) is 85.2 Å². The van der Waals surface area contributed by atoms with Crippen LogP contribution in [0.15, 0.2) is 79.6 Å². The van der Waals surface area contributed by atoms with E-state index in [1.165, 1.54) is 0 Å². The van der Waals surface area contributed by atoms with E-state index in [1.807, 2.05) is 54.6 Å². The normalized spacial score (nSPS) is 10.9. The summed E-state index contributed by atoms with van der Waals surface area (Å²) < 4.78 is 0. The molecule has 0 saturated carbocycles. The minimum Gasteiger partial charge on any atom is -0.384 e. The van der Waals surface area contributed by atoms with Gasteiger partial charge in [0.05, 0.1) is 17.4 Å². The van der Waals surface area contributed by atoms with Crippen molar-refractivity contribution in [3.63, 3.8) is 0 Å². The number of rotatable bonds is 11. The number of nitrogens with one attached hydrogen (secondary N) is 3. The molecule has 34 heavy (non-hydrogen) atoms. The summed E-state index contributed by atoms with van der Waals surface area (Å²) in [7, 11) is 0. The highest BCUT2D eigenvalue weighted by atomic mass is 15.1. The van der Waals surface area contributed by atoms with Crippen LogP contribution in [0.25, 0.3) is 16.6 Å². The second-order valence-electron chi connectivity index (χ2n) is 7.94. The van der Waals surface area contributed by atoms with Crippen LogP contribution in [0.1, 0.15) is 19.4 Å². The van der Waals surface area contributed by atoms with E-state index in [9.17, 15) is 0 Å². The Morgan fingerprint density at radius 2 is 1.71 bits per heavy atom. The summed E-state index contributed by atoms with van der Waals surface area (Å²) in [5, 5.41) is 11.1. The third-order valence-electron chi connectivity index (χ3n) is 5.67. The summed E-state index contributed by atoms with van der Waals surface area (Å²) >= 11 is 0. The van der Waals surface area contributed by atoms with Crippen molar-refractivity contribution in [1.82, 2.24) is 25.2 Å². The van der Waals surface area contributed by atoms with Gasteiger partial charge in [0.1, 0.15) is 5.82 Å². The van der Waals surface area contributed by atoms with Crippen molar-refractivity contribution in [3.8, 4) is 0 Å². The van der Waals surface area contributed by atoms with E-state index < -0.39 is 0 Å². The summed E-state index contributed by atoms with van der Waals surface area (Å²) in [4.78, 5) is 15.8. The van der Waals surface area contributed by atoms with Gasteiger partial charge in [0.15, 0.2) is 0 Å². The van der Waals surface area contributed by atoms with Crippen molar-refractivity contribution in [2.24, 2.45) is 0 Å². The van der Waals surface area contributed by atoms with Gasteiger partial charge in [-0.1, -0.05) is 50.8 Å². The first kappa shape index (κ1) is 23.2. The SMILES string of the molecule is C=C(NCCN(CC)CC)c1ccc(Nc2nccc(Nc3cnc4ccccc4c3)n2)cc1. The van der Waals surface area contributed by atoms with Gasteiger partial charge in [0.25, 0.3) is 0 Å². The van der Waals surface area contributed by atoms with E-state index >= 15 is 0 Å². The number of likely N-dealkylation sites (N-methyl/N-ethyl adjacent to an activating group) is 1. The zero-order valence-corrected chi connectivity index (χ0v) is 19.8. The van der Waals surface area contributed by atoms with Gasteiger partial charge in [0, 0.05) is 36.1 Å². The highest BCUT2D eigenvalue weighted by Gasteiger charge is 2.05. The first-order chi connectivity index (χ1) is 16.6. The fraction of sp³-hybridized carbons (Fsp3) is 0.222. The number of hydrogen-bond acceptors (Lipinski definition) is 7. The quantitative estimate of drug-likeness (QED) is 0.280. The van der Waals surface area contributed by atoms with E-state index in [0.29, 0.717) is 11.8 Å². The van der Waals surface area contributed by atoms with Crippen LogP contribution in [-0.4, -0.2) is 46.0 Å². The molecular weight excluding hydrogens is 422 g/mol. The molecule has 0 atom stereocenters. The lowest BCUT2D eigenvalue weighted by molar-refractivity contribution is 0.308. The van der Waals surface area contributed by atoms with Crippen molar-refractivity contribution in [1.29, 1.82) is 0 Å². The number of anilines is 4. The number of benzene rings is 2. The summed E-state index contributed by atoms with van der Waals surface area (Å²) in [6, 6.07) is 20.0. The average Bonchev–Trinajstić information content (AvgIpc) is 2.87. The Bertz CT molecular complexity index is 1230. The molecule has 0 amide bonds. The van der Waals surface area contributed by atoms with E-state index in [2.05, 4.69) is 62.3 Å². The minimum atomic E-state index is 0.516. The first-order valence-electron chi connectivity index (χ1n) is 11.6. The van der Waals surface area contributed by atoms with Crippen molar-refractivity contribution < 1.29 is 0 Å². The molecule has 0 aliphatic rings. The summed E-state index contributed by atoms with van der Waals surface area (Å²) in [6.45, 7) is 12.5. The Morgan fingerprint density at radius 3 is 2.50 bits per heavy atom. The molecule has 0 aliphatic heterocycles. The molecule has 2 aromatic carbocycles. The molecule has 7 heteroatoms. The maximum atomic E-state index is 4.58. The van der Waals surface area contributed by atoms with Crippen LogP contribution in [-0.2, 0) is 0 Å². The van der Waals surface area contributed by atoms with Crippen LogP contribution in [0.2, 0.25) is 0 Å². The number of nitrogens with zero attached hydrogens (tertiary/aromatic N) is 4. The molecule has 0 fully saturated rings. The predicted octanol–water partition coefficient (Wildman–Crippen LogP) is 5.41. The highest BCUT2D eigenvalue weighted by Crippen LogP contribution is 2.21. The monoisotopic (exact) mass is 453 g/mol. The second-order valence-corrected chi connectivity index (χ2v) is 7.94. The summed E-state index contributed by atoms with van der Waals surface area (Å²) in [5.74, 6) is 1.21. The van der Waals surface area contributed by atoms with Gasteiger partial charge in [-0.25, -0.2) is 4.98 Å². The van der Waals surface area contributed by atoms with Crippen molar-refractivity contribution in [2.45, 2.75) is 13.8 Å². The molecular formula is C27H31N7. The van der Waals surface area contributed by atoms with Crippen LogP contribution in [0.3, 0.4) is 0 Å². The van der Waals surface area contributed by atoms with Gasteiger partial charge in [-0.3, -0.25) is 4.98 Å². The second kappa shape index (κ2) is 11.2. The molecule has 0 bridgehead atoms. The van der Waals surface area contributed by atoms with E-state index in [-0.39, 0.29) is 0 Å². The highest BCUT2D eigenvalue weighted by molar-refractivity contribution is 5.82. The largest absolute Gasteiger partial charge is 0.384 e. The van der Waals surface area contributed by atoms with Crippen LogP contribution < -0.4 is 16.0 Å². The topological polar surface area (TPSA) is 78.0 Å². The molecule has 0 unspecified atom stereocenters. The first-order valence-corrected chi connectivity index (χ1v) is 11.6. The Kier molecular flexibility index (Phi) is 7.67. The van der Waals surface area contributed by atoms with Gasteiger partial charge in [-0.05, 0) is 49.0 Å². The van der Waals surface area contributed by atoms with Crippen LogP contribution in [0, 0.1) is 0 Å². The molecule has 4 aromatic rings. The molecule has 4 rings (SSSR count). The van der Waals surface area contributed by atoms with Gasteiger partial charge in [0.2, 0.25) is 5.95 Å². The Labute approximate surface area is 201 Å². The predicted molar refractivity (Wildman–Crippen MR) is 142 cm³/mol. The molecule has 174 valence electrons. The van der Waals surface area contributed by atoms with Crippen LogP contribution in [0.5, 0.6) is 0 Å². The van der Waals surface area contributed by atoms with Crippen LogP contribution >= 0.6 is 0 Å². The molecule has 2 aromatic heterocycles. The van der Waals surface area contributed by atoms with E-state index in [0.717, 1.165) is 59.7 Å². The molecule has 7 nitrogen and oxygen atoms in total. The molecule has 0 aliphatic carbocycles. The molecule has 0 radical (unpaired) electrons. The molecule has 3 N–H and O–H groups in total. The Hall–Kier alpha value is -3.97. The third kappa shape index (κ3) is 6.08. The maximum absolute atomic E-state index is 4.58. The molecule has 0 spiro atoms. The standard InChI is InChI=1S/C27H31N7/c1-4-34(5-2)17-16-28-20(3)21-10-12-23(13-11-21)32-27-29-15-14-26(33-27)31-24-18-22-8-6-7-9-25(22)30-19-24/h6-15,18-19,28H,3-5,16-17H2,1-2H3,(H2,29,31,32,33). The fourth-order valence-electron chi connectivity index (χ4n) is 3.67. The van der Waals surface area contributed by atoms with Gasteiger partial charge in [-0.15, -0.1) is 0 Å². The fourth-order valence-corrected chi connectivity index (χ4v) is 3.67. The smallest absolute Gasteiger partial charge is 0.229 e.